The van der Waals surface area contributed by atoms with Crippen LogP contribution >= 0.6 is 0 Å². The third kappa shape index (κ3) is 4.38. The van der Waals surface area contributed by atoms with Gasteiger partial charge in [-0.2, -0.15) is 5.26 Å². The van der Waals surface area contributed by atoms with E-state index in [0.29, 0.717) is 29.2 Å². The monoisotopic (exact) mass is 414 g/mol. The minimum absolute atomic E-state index is 0.201. The van der Waals surface area contributed by atoms with Crippen molar-refractivity contribution in [2.75, 3.05) is 10.6 Å². The standard InChI is InChI=1S/C22H22N8O/c23-10-14-1-8-21(31)30(13-14)18-6-7-20(24-11-18)26-16-4-5-17(9-16)27-22-25-12-19(28-29-22)15-2-3-15/h1,6-8,11-13,15-17H,2-5,9H2,(H,24,26)(H,25,27,29)/t16-,17-/m0/s1. The maximum atomic E-state index is 12.1. The lowest BCUT2D eigenvalue weighted by Gasteiger charge is -2.15. The number of hydrogen-bond donors (Lipinski definition) is 2. The number of pyridine rings is 2. The summed E-state index contributed by atoms with van der Waals surface area (Å²) < 4.78 is 1.42. The largest absolute Gasteiger partial charge is 0.367 e. The van der Waals surface area contributed by atoms with Crippen molar-refractivity contribution >= 4 is 11.8 Å². The lowest BCUT2D eigenvalue weighted by molar-refractivity contribution is 0.710. The van der Waals surface area contributed by atoms with Gasteiger partial charge in [0.2, 0.25) is 5.95 Å². The first-order valence-electron chi connectivity index (χ1n) is 10.5. The topological polar surface area (TPSA) is 121 Å². The molecular weight excluding hydrogens is 392 g/mol. The molecule has 3 aromatic heterocycles. The SMILES string of the molecule is N#Cc1ccc(=O)n(-c2ccc(N[C@H]3CC[C@H](Nc4ncc(C5CC5)nn4)C3)nc2)c1. The number of nitriles is 1. The minimum Gasteiger partial charge on any atom is -0.367 e. The van der Waals surface area contributed by atoms with Crippen molar-refractivity contribution in [3.8, 4) is 11.8 Å². The van der Waals surface area contributed by atoms with Crippen LogP contribution in [-0.4, -0.2) is 36.8 Å². The summed E-state index contributed by atoms with van der Waals surface area (Å²) in [5.74, 6) is 1.90. The molecule has 2 saturated carbocycles. The smallest absolute Gasteiger partial charge is 0.255 e. The summed E-state index contributed by atoms with van der Waals surface area (Å²) in [4.78, 5) is 20.9. The van der Waals surface area contributed by atoms with Crippen molar-refractivity contribution in [2.45, 2.75) is 50.1 Å². The molecule has 0 spiro atoms. The highest BCUT2D eigenvalue weighted by molar-refractivity contribution is 5.43. The summed E-state index contributed by atoms with van der Waals surface area (Å²) >= 11 is 0. The first kappa shape index (κ1) is 19.2. The fourth-order valence-electron chi connectivity index (χ4n) is 3.92. The molecule has 0 saturated heterocycles. The van der Waals surface area contributed by atoms with Gasteiger partial charge in [0.1, 0.15) is 11.9 Å². The van der Waals surface area contributed by atoms with E-state index in [9.17, 15) is 4.79 Å². The first-order chi connectivity index (χ1) is 15.2. The summed E-state index contributed by atoms with van der Waals surface area (Å²) in [5, 5.41) is 24.4. The Kier molecular flexibility index (Phi) is 5.04. The van der Waals surface area contributed by atoms with Gasteiger partial charge in [0.05, 0.1) is 29.3 Å². The molecule has 3 aromatic rings. The number of nitrogens with zero attached hydrogens (tertiary/aromatic N) is 6. The van der Waals surface area contributed by atoms with Gasteiger partial charge in [0.25, 0.3) is 5.56 Å². The Morgan fingerprint density at radius 1 is 0.968 bits per heavy atom. The second-order valence-corrected chi connectivity index (χ2v) is 8.12. The molecule has 2 aliphatic carbocycles. The van der Waals surface area contributed by atoms with E-state index in [1.165, 1.54) is 35.7 Å². The predicted molar refractivity (Wildman–Crippen MR) is 115 cm³/mol. The fraction of sp³-hybridized carbons (Fsp3) is 0.364. The Hall–Kier alpha value is -3.80. The van der Waals surface area contributed by atoms with Gasteiger partial charge >= 0.3 is 0 Å². The molecule has 2 aliphatic rings. The van der Waals surface area contributed by atoms with Crippen molar-refractivity contribution in [3.63, 3.8) is 0 Å². The molecule has 0 bridgehead atoms. The highest BCUT2D eigenvalue weighted by Gasteiger charge is 2.27. The maximum absolute atomic E-state index is 12.1. The highest BCUT2D eigenvalue weighted by atomic mass is 16.1. The molecule has 156 valence electrons. The number of hydrogen-bond acceptors (Lipinski definition) is 8. The van der Waals surface area contributed by atoms with Crippen LogP contribution in [0, 0.1) is 11.3 Å². The molecule has 0 aliphatic heterocycles. The van der Waals surface area contributed by atoms with Gasteiger partial charge < -0.3 is 10.6 Å². The van der Waals surface area contributed by atoms with Crippen molar-refractivity contribution in [1.29, 1.82) is 5.26 Å². The second-order valence-electron chi connectivity index (χ2n) is 8.12. The van der Waals surface area contributed by atoms with Crippen LogP contribution in [0.1, 0.15) is 49.3 Å². The number of anilines is 2. The van der Waals surface area contributed by atoms with Crippen LogP contribution in [0.4, 0.5) is 11.8 Å². The molecule has 5 rings (SSSR count). The van der Waals surface area contributed by atoms with Crippen LogP contribution in [-0.2, 0) is 0 Å². The van der Waals surface area contributed by atoms with Crippen LogP contribution in [0.25, 0.3) is 5.69 Å². The average Bonchev–Trinajstić information content (AvgIpc) is 3.56. The van der Waals surface area contributed by atoms with E-state index in [0.717, 1.165) is 30.8 Å². The van der Waals surface area contributed by atoms with E-state index in [2.05, 4.69) is 30.8 Å². The highest BCUT2D eigenvalue weighted by Crippen LogP contribution is 2.38. The molecule has 9 nitrogen and oxygen atoms in total. The number of aromatic nitrogens is 5. The van der Waals surface area contributed by atoms with E-state index in [1.54, 1.807) is 6.20 Å². The maximum Gasteiger partial charge on any atom is 0.255 e. The van der Waals surface area contributed by atoms with Gasteiger partial charge in [-0.1, -0.05) is 0 Å². The van der Waals surface area contributed by atoms with Crippen molar-refractivity contribution in [2.24, 2.45) is 0 Å². The molecule has 2 atom stereocenters. The molecule has 2 fully saturated rings. The van der Waals surface area contributed by atoms with Gasteiger partial charge in [-0.15, -0.1) is 10.2 Å². The van der Waals surface area contributed by atoms with Crippen LogP contribution in [0.3, 0.4) is 0 Å². The Morgan fingerprint density at radius 3 is 2.48 bits per heavy atom. The fourth-order valence-corrected chi connectivity index (χ4v) is 3.92. The average molecular weight is 414 g/mol. The van der Waals surface area contributed by atoms with Crippen LogP contribution < -0.4 is 16.2 Å². The van der Waals surface area contributed by atoms with Crippen molar-refractivity contribution in [1.82, 2.24) is 24.7 Å². The lowest BCUT2D eigenvalue weighted by atomic mass is 10.2. The molecule has 0 unspecified atom stereocenters. The van der Waals surface area contributed by atoms with Crippen LogP contribution in [0.15, 0.2) is 47.7 Å². The summed E-state index contributed by atoms with van der Waals surface area (Å²) in [7, 11) is 0. The molecule has 0 radical (unpaired) electrons. The molecule has 31 heavy (non-hydrogen) atoms. The summed E-state index contributed by atoms with van der Waals surface area (Å²) in [5.41, 5.74) is 1.84. The third-order valence-electron chi connectivity index (χ3n) is 5.76. The Balaban J connectivity index is 1.18. The van der Waals surface area contributed by atoms with Crippen LogP contribution in [0.5, 0.6) is 0 Å². The Labute approximate surface area is 179 Å². The summed E-state index contributed by atoms with van der Waals surface area (Å²) in [6, 6.07) is 9.19. The van der Waals surface area contributed by atoms with E-state index >= 15 is 0 Å². The molecule has 0 amide bonds. The van der Waals surface area contributed by atoms with Crippen molar-refractivity contribution < 1.29 is 0 Å². The second kappa shape index (κ2) is 8.14. The Morgan fingerprint density at radius 2 is 1.81 bits per heavy atom. The molecule has 0 aromatic carbocycles. The van der Waals surface area contributed by atoms with Crippen LogP contribution in [0.2, 0.25) is 0 Å². The van der Waals surface area contributed by atoms with Crippen molar-refractivity contribution in [3.05, 3.63) is 64.5 Å². The van der Waals surface area contributed by atoms with E-state index in [1.807, 2.05) is 24.4 Å². The zero-order valence-corrected chi connectivity index (χ0v) is 16.9. The number of rotatable bonds is 6. The molecule has 3 heterocycles. The minimum atomic E-state index is -0.201. The van der Waals surface area contributed by atoms with Gasteiger partial charge in [0, 0.05) is 30.3 Å². The van der Waals surface area contributed by atoms with E-state index < -0.39 is 0 Å². The van der Waals surface area contributed by atoms with E-state index in [4.69, 9.17) is 5.26 Å². The summed E-state index contributed by atoms with van der Waals surface area (Å²) in [6.07, 6.45) is 10.3. The zero-order chi connectivity index (χ0) is 21.2. The van der Waals surface area contributed by atoms with Gasteiger partial charge in [-0.05, 0) is 50.3 Å². The predicted octanol–water partition coefficient (Wildman–Crippen LogP) is 2.61. The van der Waals surface area contributed by atoms with Gasteiger partial charge in [-0.3, -0.25) is 9.36 Å². The first-order valence-corrected chi connectivity index (χ1v) is 10.5. The summed E-state index contributed by atoms with van der Waals surface area (Å²) in [6.45, 7) is 0. The van der Waals surface area contributed by atoms with E-state index in [-0.39, 0.29) is 11.6 Å². The zero-order valence-electron chi connectivity index (χ0n) is 16.9. The molecule has 9 heteroatoms. The Bertz CT molecular complexity index is 1160. The third-order valence-corrected chi connectivity index (χ3v) is 5.76. The normalized spacial score (nSPS) is 20.2. The molecule has 2 N–H and O–H groups in total. The number of nitrogens with one attached hydrogen (secondary N) is 2. The quantitative estimate of drug-likeness (QED) is 0.631. The lowest BCUT2D eigenvalue weighted by Crippen LogP contribution is -2.22. The van der Waals surface area contributed by atoms with Gasteiger partial charge in [0.15, 0.2) is 0 Å². The van der Waals surface area contributed by atoms with Gasteiger partial charge in [-0.25, -0.2) is 9.97 Å². The molecular formula is C22H22N8O.